The monoisotopic (exact) mass is 831 g/mol. The summed E-state index contributed by atoms with van der Waals surface area (Å²) in [5, 5.41) is 4.53. The number of anilines is 3. The first-order valence-electron chi connectivity index (χ1n) is 22.8. The fourth-order valence-electron chi connectivity index (χ4n) is 11.8. The van der Waals surface area contributed by atoms with Crippen LogP contribution in [0.1, 0.15) is 48.6 Å². The van der Waals surface area contributed by atoms with Crippen LogP contribution in [0.25, 0.3) is 77.2 Å². The molecule has 65 heavy (non-hydrogen) atoms. The Morgan fingerprint density at radius 3 is 1.71 bits per heavy atom. The summed E-state index contributed by atoms with van der Waals surface area (Å²) < 4.78 is 6.80. The molecule has 2 heteroatoms. The van der Waals surface area contributed by atoms with Crippen LogP contribution in [0, 0.1) is 0 Å². The molecule has 1 unspecified atom stereocenters. The zero-order chi connectivity index (χ0) is 43.4. The molecule has 0 saturated heterocycles. The van der Waals surface area contributed by atoms with Gasteiger partial charge in [0.15, 0.2) is 0 Å². The van der Waals surface area contributed by atoms with Crippen molar-refractivity contribution in [1.29, 1.82) is 0 Å². The average Bonchev–Trinajstić information content (AvgIpc) is 3.96. The van der Waals surface area contributed by atoms with Gasteiger partial charge < -0.3 is 9.32 Å². The van der Waals surface area contributed by atoms with E-state index in [0.29, 0.717) is 0 Å². The number of hydrogen-bond acceptors (Lipinski definition) is 2. The molecule has 308 valence electrons. The number of furan rings is 1. The molecule has 2 aliphatic carbocycles. The Labute approximate surface area is 379 Å². The van der Waals surface area contributed by atoms with E-state index in [0.717, 1.165) is 55.5 Å². The van der Waals surface area contributed by atoms with Gasteiger partial charge in [-0.1, -0.05) is 196 Å². The molecule has 0 saturated carbocycles. The number of nitrogens with zero attached hydrogens (tertiary/aromatic N) is 1. The maximum Gasteiger partial charge on any atom is 0.143 e. The van der Waals surface area contributed by atoms with E-state index >= 15 is 0 Å². The molecule has 10 aromatic carbocycles. The van der Waals surface area contributed by atoms with E-state index in [1.54, 1.807) is 0 Å². The molecular weight excluding hydrogens is 787 g/mol. The summed E-state index contributed by atoms with van der Waals surface area (Å²) >= 11 is 0. The van der Waals surface area contributed by atoms with Gasteiger partial charge in [0.05, 0.1) is 11.4 Å². The zero-order valence-electron chi connectivity index (χ0n) is 36.6. The van der Waals surface area contributed by atoms with Crippen LogP contribution >= 0.6 is 0 Å². The van der Waals surface area contributed by atoms with Crippen molar-refractivity contribution in [3.8, 4) is 44.5 Å². The van der Waals surface area contributed by atoms with E-state index < -0.39 is 0 Å². The number of fused-ring (bicyclic) bond motifs is 11. The lowest BCUT2D eigenvalue weighted by Gasteiger charge is -2.33. The second kappa shape index (κ2) is 14.0. The third kappa shape index (κ3) is 5.35. The Hall–Kier alpha value is -7.94. The normalized spacial score (nSPS) is 15.5. The number of benzene rings is 10. The van der Waals surface area contributed by atoms with E-state index in [2.05, 4.69) is 244 Å². The van der Waals surface area contributed by atoms with Crippen LogP contribution in [0.15, 0.2) is 223 Å². The number of hydrogen-bond donors (Lipinski definition) is 0. The van der Waals surface area contributed by atoms with Gasteiger partial charge in [-0.2, -0.15) is 0 Å². The highest BCUT2D eigenvalue weighted by atomic mass is 16.3. The van der Waals surface area contributed by atoms with Crippen LogP contribution in [0.4, 0.5) is 17.1 Å². The molecule has 0 N–H and O–H groups in total. The van der Waals surface area contributed by atoms with Gasteiger partial charge in [0, 0.05) is 43.8 Å². The molecule has 1 atom stereocenters. The Morgan fingerprint density at radius 2 is 0.938 bits per heavy atom. The molecule has 11 aromatic rings. The summed E-state index contributed by atoms with van der Waals surface area (Å²) in [6.45, 7) is 7.18. The Balaban J connectivity index is 1.10. The molecule has 0 amide bonds. The van der Waals surface area contributed by atoms with Gasteiger partial charge >= 0.3 is 0 Å². The van der Waals surface area contributed by atoms with Crippen molar-refractivity contribution in [2.24, 2.45) is 0 Å². The van der Waals surface area contributed by atoms with E-state index in [1.165, 1.54) is 66.6 Å². The Morgan fingerprint density at radius 1 is 0.385 bits per heavy atom. The van der Waals surface area contributed by atoms with Crippen LogP contribution in [-0.4, -0.2) is 0 Å². The van der Waals surface area contributed by atoms with Crippen LogP contribution in [0.5, 0.6) is 0 Å². The van der Waals surface area contributed by atoms with Gasteiger partial charge in [-0.25, -0.2) is 0 Å². The summed E-state index contributed by atoms with van der Waals surface area (Å²) in [6, 6.07) is 80.5. The van der Waals surface area contributed by atoms with Crippen molar-refractivity contribution >= 4 is 49.8 Å². The van der Waals surface area contributed by atoms with Gasteiger partial charge in [-0.3, -0.25) is 0 Å². The van der Waals surface area contributed by atoms with Crippen LogP contribution in [0.3, 0.4) is 0 Å². The molecule has 1 aromatic heterocycles. The van der Waals surface area contributed by atoms with E-state index in [-0.39, 0.29) is 10.8 Å². The SMILES string of the molecule is CC1(C)c2ccccc2-c2cccc(-c3ccccc3N(c3ccc4c(c3)C(C)(c3ccccc3)c3ccccc3-4)c3ccccc3-c3cccc4oc5c6ccccc6ccc5c34)c21. The lowest BCUT2D eigenvalue weighted by molar-refractivity contribution is 0.662. The van der Waals surface area contributed by atoms with E-state index in [9.17, 15) is 0 Å². The number of para-hydroxylation sites is 2. The van der Waals surface area contributed by atoms with Crippen molar-refractivity contribution in [2.45, 2.75) is 31.6 Å². The highest BCUT2D eigenvalue weighted by Gasteiger charge is 2.42. The summed E-state index contributed by atoms with van der Waals surface area (Å²) in [5.74, 6) is 0. The lowest BCUT2D eigenvalue weighted by Crippen LogP contribution is -2.23. The average molecular weight is 832 g/mol. The molecular formula is C63H45NO. The molecule has 0 radical (unpaired) electrons. The first-order chi connectivity index (χ1) is 31.9. The third-order valence-electron chi connectivity index (χ3n) is 14.7. The van der Waals surface area contributed by atoms with Crippen molar-refractivity contribution in [3.63, 3.8) is 0 Å². The minimum atomic E-state index is -0.367. The maximum absolute atomic E-state index is 6.80. The topological polar surface area (TPSA) is 16.4 Å². The number of rotatable bonds is 6. The van der Waals surface area contributed by atoms with Gasteiger partial charge in [-0.15, -0.1) is 0 Å². The van der Waals surface area contributed by atoms with E-state index in [4.69, 9.17) is 4.42 Å². The highest BCUT2D eigenvalue weighted by molar-refractivity contribution is 6.20. The molecule has 0 aliphatic heterocycles. The predicted octanol–water partition coefficient (Wildman–Crippen LogP) is 17.2. The predicted molar refractivity (Wildman–Crippen MR) is 272 cm³/mol. The minimum Gasteiger partial charge on any atom is -0.455 e. The summed E-state index contributed by atoms with van der Waals surface area (Å²) in [7, 11) is 0. The van der Waals surface area contributed by atoms with Gasteiger partial charge in [0.2, 0.25) is 0 Å². The van der Waals surface area contributed by atoms with E-state index in [1.807, 2.05) is 0 Å². The van der Waals surface area contributed by atoms with Crippen molar-refractivity contribution in [3.05, 3.63) is 246 Å². The maximum atomic E-state index is 6.80. The molecule has 0 spiro atoms. The first-order valence-corrected chi connectivity index (χ1v) is 22.8. The lowest BCUT2D eigenvalue weighted by atomic mass is 9.74. The van der Waals surface area contributed by atoms with Gasteiger partial charge in [-0.05, 0) is 110 Å². The minimum absolute atomic E-state index is 0.197. The van der Waals surface area contributed by atoms with Crippen molar-refractivity contribution in [1.82, 2.24) is 0 Å². The Bertz CT molecular complexity index is 3720. The molecule has 2 aliphatic rings. The molecule has 2 nitrogen and oxygen atoms in total. The van der Waals surface area contributed by atoms with Crippen LogP contribution in [-0.2, 0) is 10.8 Å². The summed E-state index contributed by atoms with van der Waals surface area (Å²) in [5.41, 5.74) is 21.1. The molecule has 0 fully saturated rings. The Kier molecular flexibility index (Phi) is 8.12. The third-order valence-corrected chi connectivity index (χ3v) is 14.7. The standard InChI is InChI=1S/C63H45NO/c1-62(2)53-30-13-9-24-45(53)50-28-17-29-51(60(50)62)48-26-12-16-33-57(48)64(42-36-38-46-44-23-10-14-31-54(44)63(3,55(46)39-42)41-20-5-4-6-21-41)56-32-15-11-25-47(56)49-27-18-34-58-59(49)52-37-35-40-19-7-8-22-43(40)61(52)65-58/h4-39H,1-3H3. The van der Waals surface area contributed by atoms with Crippen molar-refractivity contribution in [2.75, 3.05) is 4.90 Å². The largest absolute Gasteiger partial charge is 0.455 e. The molecule has 13 rings (SSSR count). The smallest absolute Gasteiger partial charge is 0.143 e. The highest BCUT2D eigenvalue weighted by Crippen LogP contribution is 2.57. The quantitative estimate of drug-likeness (QED) is 0.166. The van der Waals surface area contributed by atoms with Crippen molar-refractivity contribution < 1.29 is 4.42 Å². The van der Waals surface area contributed by atoms with Crippen LogP contribution in [0.2, 0.25) is 0 Å². The van der Waals surface area contributed by atoms with Gasteiger partial charge in [0.25, 0.3) is 0 Å². The fraction of sp³-hybridized carbons (Fsp3) is 0.0794. The zero-order valence-corrected chi connectivity index (χ0v) is 36.6. The first kappa shape index (κ1) is 37.6. The second-order valence-corrected chi connectivity index (χ2v) is 18.5. The fourth-order valence-corrected chi connectivity index (χ4v) is 11.8. The summed E-state index contributed by atoms with van der Waals surface area (Å²) in [4.78, 5) is 2.53. The second-order valence-electron chi connectivity index (χ2n) is 18.5. The van der Waals surface area contributed by atoms with Gasteiger partial charge in [0.1, 0.15) is 11.2 Å². The summed E-state index contributed by atoms with van der Waals surface area (Å²) in [6.07, 6.45) is 0. The molecule has 0 bridgehead atoms. The van der Waals surface area contributed by atoms with Crippen LogP contribution < -0.4 is 4.90 Å². The molecule has 1 heterocycles.